The van der Waals surface area contributed by atoms with Crippen LogP contribution in [0, 0.1) is 0 Å². The van der Waals surface area contributed by atoms with E-state index >= 15 is 0 Å². The van der Waals surface area contributed by atoms with E-state index in [4.69, 9.17) is 18.3 Å². The van der Waals surface area contributed by atoms with E-state index in [1.54, 1.807) is 0 Å². The second-order valence-corrected chi connectivity index (χ2v) is 13.9. The third kappa shape index (κ3) is 7.78. The fraction of sp³-hybridized carbons (Fsp3) is 0.955. The number of rotatable bonds is 8. The van der Waals surface area contributed by atoms with E-state index in [0.29, 0.717) is 25.9 Å². The normalized spacial score (nSPS) is 35.7. The summed E-state index contributed by atoms with van der Waals surface area (Å²) in [6.07, 6.45) is 3.26. The molecule has 2 aliphatic rings. The van der Waals surface area contributed by atoms with Gasteiger partial charge in [0.25, 0.3) is 0 Å². The molecule has 2 saturated heterocycles. The lowest BCUT2D eigenvalue weighted by Gasteiger charge is -2.46. The summed E-state index contributed by atoms with van der Waals surface area (Å²) < 4.78 is 24.7. The summed E-state index contributed by atoms with van der Waals surface area (Å²) in [6.45, 7) is 17.5. The Hall–Kier alpha value is -0.673. The fourth-order valence-corrected chi connectivity index (χ4v) is 8.58. The molecule has 0 aromatic heterocycles. The second-order valence-electron chi connectivity index (χ2n) is 10.7. The third-order valence-corrected chi connectivity index (χ3v) is 8.98. The van der Waals surface area contributed by atoms with Crippen molar-refractivity contribution < 1.29 is 28.2 Å². The van der Waals surface area contributed by atoms with Crippen LogP contribution in [0.3, 0.4) is 0 Å². The molecule has 0 spiro atoms. The van der Waals surface area contributed by atoms with Crippen LogP contribution in [-0.4, -0.2) is 66.9 Å². The monoisotopic (exact) mass is 445 g/mol. The highest BCUT2D eigenvalue weighted by Crippen LogP contribution is 2.37. The molecule has 176 valence electrons. The van der Waals surface area contributed by atoms with Crippen molar-refractivity contribution in [1.29, 1.82) is 0 Å². The van der Waals surface area contributed by atoms with Gasteiger partial charge in [0.1, 0.15) is 0 Å². The number of hydrogen-bond acceptors (Lipinski definition) is 5. The van der Waals surface area contributed by atoms with Crippen LogP contribution in [0.2, 0.25) is 12.6 Å². The first-order valence-corrected chi connectivity index (χ1v) is 13.9. The van der Waals surface area contributed by atoms with Gasteiger partial charge in [-0.3, -0.25) is 0 Å². The Morgan fingerprint density at radius 2 is 1.63 bits per heavy atom. The molecule has 0 saturated carbocycles. The summed E-state index contributed by atoms with van der Waals surface area (Å²) in [6, 6.07) is 0.792. The largest absolute Gasteiger partial charge is 0.465 e. The van der Waals surface area contributed by atoms with Gasteiger partial charge in [-0.25, -0.2) is 4.79 Å². The molecule has 2 rings (SSSR count). The molecule has 30 heavy (non-hydrogen) atoms. The molecule has 0 aromatic rings. The second kappa shape index (κ2) is 9.44. The average Bonchev–Trinajstić information content (AvgIpc) is 2.47. The number of carbonyl (C=O) groups is 1. The summed E-state index contributed by atoms with van der Waals surface area (Å²) in [5, 5.41) is 9.64. The molecule has 2 aliphatic heterocycles. The number of nitrogens with zero attached hydrogens (tertiary/aromatic N) is 1. The zero-order valence-corrected chi connectivity index (χ0v) is 21.2. The lowest BCUT2D eigenvalue weighted by Crippen LogP contribution is -2.54. The molecular weight excluding hydrogens is 402 g/mol. The average molecular weight is 446 g/mol. The lowest BCUT2D eigenvalue weighted by atomic mass is 9.97. The van der Waals surface area contributed by atoms with Crippen LogP contribution in [-0.2, 0) is 18.3 Å². The maximum atomic E-state index is 11.7. The third-order valence-electron chi connectivity index (χ3n) is 5.83. The zero-order chi connectivity index (χ0) is 22.8. The van der Waals surface area contributed by atoms with E-state index in [1.807, 2.05) is 6.92 Å². The Kier molecular flexibility index (Phi) is 8.05. The quantitative estimate of drug-likeness (QED) is 0.522. The molecule has 8 heteroatoms. The first-order valence-electron chi connectivity index (χ1n) is 11.4. The molecule has 1 amide bonds. The predicted molar refractivity (Wildman–Crippen MR) is 119 cm³/mol. The van der Waals surface area contributed by atoms with Gasteiger partial charge in [-0.2, -0.15) is 0 Å². The van der Waals surface area contributed by atoms with Gasteiger partial charge in [0, 0.05) is 32.0 Å². The van der Waals surface area contributed by atoms with Crippen LogP contribution in [0.1, 0.15) is 80.6 Å². The van der Waals surface area contributed by atoms with Crippen molar-refractivity contribution in [2.75, 3.05) is 13.1 Å². The minimum atomic E-state index is -2.29. The van der Waals surface area contributed by atoms with Gasteiger partial charge in [0.15, 0.2) is 5.79 Å². The molecular formula is C22H43NO6Si. The molecule has 4 atom stereocenters. The zero-order valence-electron chi connectivity index (χ0n) is 20.2. The van der Waals surface area contributed by atoms with Crippen LogP contribution < -0.4 is 0 Å². The molecule has 2 heterocycles. The lowest BCUT2D eigenvalue weighted by molar-refractivity contribution is -0.333. The molecule has 1 N–H and O–H groups in total. The van der Waals surface area contributed by atoms with E-state index in [0.717, 1.165) is 25.3 Å². The van der Waals surface area contributed by atoms with Gasteiger partial charge in [0.2, 0.25) is 0 Å². The van der Waals surface area contributed by atoms with Gasteiger partial charge in [-0.05, 0) is 80.3 Å². The van der Waals surface area contributed by atoms with Crippen molar-refractivity contribution in [3.05, 3.63) is 0 Å². The van der Waals surface area contributed by atoms with Crippen molar-refractivity contribution in [3.63, 3.8) is 0 Å². The van der Waals surface area contributed by atoms with Crippen molar-refractivity contribution in [1.82, 2.24) is 4.90 Å². The number of ether oxygens (including phenoxy) is 2. The Morgan fingerprint density at radius 3 is 2.20 bits per heavy atom. The Balaban J connectivity index is 1.82. The standard InChI is InChI=1S/C22H43NO6Si/c1-17-15-20(3,4)28-22(7,26-17)11-9-12-23(19(24)25)13-10-14-30(8)27-18(2)16-21(5,6)29-30/h17-18H,9-16H2,1-8H3,(H,24,25). The van der Waals surface area contributed by atoms with Gasteiger partial charge in [0.05, 0.1) is 17.3 Å². The summed E-state index contributed by atoms with van der Waals surface area (Å²) >= 11 is 0. The van der Waals surface area contributed by atoms with Gasteiger partial charge < -0.3 is 28.3 Å². The number of hydrogen-bond donors (Lipinski definition) is 1. The molecule has 4 unspecified atom stereocenters. The first-order chi connectivity index (χ1) is 13.6. The van der Waals surface area contributed by atoms with Crippen molar-refractivity contribution in [2.45, 2.75) is 122 Å². The fourth-order valence-electron chi connectivity index (χ4n) is 5.32. The first kappa shape index (κ1) is 25.6. The Morgan fingerprint density at radius 1 is 1.03 bits per heavy atom. The molecule has 2 fully saturated rings. The summed E-state index contributed by atoms with van der Waals surface area (Å²) in [5.41, 5.74) is -0.407. The van der Waals surface area contributed by atoms with Crippen molar-refractivity contribution in [3.8, 4) is 0 Å². The van der Waals surface area contributed by atoms with E-state index in [-0.39, 0.29) is 23.4 Å². The highest BCUT2D eigenvalue weighted by molar-refractivity contribution is 6.66. The molecule has 0 bridgehead atoms. The molecule has 0 radical (unpaired) electrons. The van der Waals surface area contributed by atoms with Gasteiger partial charge >= 0.3 is 14.7 Å². The number of amides is 1. The van der Waals surface area contributed by atoms with E-state index in [1.165, 1.54) is 4.90 Å². The Bertz CT molecular complexity index is 556. The van der Waals surface area contributed by atoms with Crippen LogP contribution >= 0.6 is 0 Å². The maximum Gasteiger partial charge on any atom is 0.407 e. The number of carboxylic acid groups (broad SMARTS) is 1. The topological polar surface area (TPSA) is 77.5 Å². The van der Waals surface area contributed by atoms with Crippen LogP contribution in [0.4, 0.5) is 4.79 Å². The van der Waals surface area contributed by atoms with Crippen molar-refractivity contribution in [2.24, 2.45) is 0 Å². The molecule has 0 aliphatic carbocycles. The highest BCUT2D eigenvalue weighted by atomic mass is 28.4. The smallest absolute Gasteiger partial charge is 0.407 e. The minimum Gasteiger partial charge on any atom is -0.465 e. The highest BCUT2D eigenvalue weighted by Gasteiger charge is 2.44. The predicted octanol–water partition coefficient (Wildman–Crippen LogP) is 5.13. The minimum absolute atomic E-state index is 0.127. The summed E-state index contributed by atoms with van der Waals surface area (Å²) in [4.78, 5) is 13.2. The van der Waals surface area contributed by atoms with E-state index in [2.05, 4.69) is 48.1 Å². The maximum absolute atomic E-state index is 11.7. The molecule has 7 nitrogen and oxygen atoms in total. The summed E-state index contributed by atoms with van der Waals surface area (Å²) in [7, 11) is -2.29. The van der Waals surface area contributed by atoms with Gasteiger partial charge in [-0.15, -0.1) is 0 Å². The summed E-state index contributed by atoms with van der Waals surface area (Å²) in [5.74, 6) is -0.669. The Labute approximate surface area is 183 Å². The SMILES string of the molecule is CC1CC(C)(C)OC(C)(CCCN(CCC[Si]2(C)OC(C)CC(C)(C)O2)C(=O)O)O1. The van der Waals surface area contributed by atoms with Gasteiger partial charge in [-0.1, -0.05) is 0 Å². The van der Waals surface area contributed by atoms with Crippen LogP contribution in [0.25, 0.3) is 0 Å². The van der Waals surface area contributed by atoms with Crippen LogP contribution in [0.15, 0.2) is 0 Å². The molecule has 0 aromatic carbocycles. The van der Waals surface area contributed by atoms with E-state index in [9.17, 15) is 9.90 Å². The van der Waals surface area contributed by atoms with Crippen molar-refractivity contribution >= 4 is 14.7 Å². The van der Waals surface area contributed by atoms with Crippen LogP contribution in [0.5, 0.6) is 0 Å². The van der Waals surface area contributed by atoms with E-state index < -0.39 is 20.4 Å².